The molecule has 1 unspecified atom stereocenters. The number of hydrogen-bond acceptors (Lipinski definition) is 4. The van der Waals surface area contributed by atoms with E-state index < -0.39 is 6.10 Å². The lowest BCUT2D eigenvalue weighted by Gasteiger charge is -2.20. The molecule has 0 bridgehead atoms. The first-order chi connectivity index (χ1) is 8.81. The molecule has 1 aliphatic rings. The molecule has 1 heterocycles. The quantitative estimate of drug-likeness (QED) is 0.789. The maximum absolute atomic E-state index is 10.0. The second-order valence-corrected chi connectivity index (χ2v) is 4.32. The summed E-state index contributed by atoms with van der Waals surface area (Å²) in [6, 6.07) is 5.57. The molecule has 0 saturated heterocycles. The molecule has 2 rings (SSSR count). The van der Waals surface area contributed by atoms with Gasteiger partial charge in [-0.3, -0.25) is 0 Å². The summed E-state index contributed by atoms with van der Waals surface area (Å²) in [6.45, 7) is 4.53. The van der Waals surface area contributed by atoms with Crippen molar-refractivity contribution in [1.29, 1.82) is 0 Å². The van der Waals surface area contributed by atoms with Gasteiger partial charge < -0.3 is 19.3 Å². The van der Waals surface area contributed by atoms with Crippen LogP contribution in [-0.2, 0) is 4.74 Å². The van der Waals surface area contributed by atoms with E-state index in [0.717, 1.165) is 24.3 Å². The third-order valence-electron chi connectivity index (χ3n) is 2.84. The van der Waals surface area contributed by atoms with E-state index in [-0.39, 0.29) is 0 Å². The minimum atomic E-state index is -0.516. The molecule has 0 spiro atoms. The highest BCUT2D eigenvalue weighted by Gasteiger charge is 2.15. The third kappa shape index (κ3) is 3.37. The van der Waals surface area contributed by atoms with Gasteiger partial charge in [0, 0.05) is 19.6 Å². The SMILES string of the molecule is CCCOCCC(O)c1ccc2c(c1)OCCO2. The Morgan fingerprint density at radius 1 is 1.22 bits per heavy atom. The maximum atomic E-state index is 10.0. The zero-order valence-electron chi connectivity index (χ0n) is 10.7. The van der Waals surface area contributed by atoms with Crippen LogP contribution >= 0.6 is 0 Å². The van der Waals surface area contributed by atoms with Gasteiger partial charge in [0.05, 0.1) is 6.10 Å². The Bertz CT molecular complexity index is 378. The fourth-order valence-corrected chi connectivity index (χ4v) is 1.88. The summed E-state index contributed by atoms with van der Waals surface area (Å²) in [5.74, 6) is 1.46. The minimum Gasteiger partial charge on any atom is -0.486 e. The standard InChI is InChI=1S/C14H20O4/c1-2-6-16-7-5-12(15)11-3-4-13-14(10-11)18-9-8-17-13/h3-4,10,12,15H,2,5-9H2,1H3. The maximum Gasteiger partial charge on any atom is 0.161 e. The fraction of sp³-hybridized carbons (Fsp3) is 0.571. The smallest absolute Gasteiger partial charge is 0.161 e. The third-order valence-corrected chi connectivity index (χ3v) is 2.84. The highest BCUT2D eigenvalue weighted by atomic mass is 16.6. The van der Waals surface area contributed by atoms with Crippen LogP contribution in [0.2, 0.25) is 0 Å². The van der Waals surface area contributed by atoms with E-state index in [0.29, 0.717) is 32.0 Å². The molecule has 0 saturated carbocycles. The molecular weight excluding hydrogens is 232 g/mol. The first-order valence-electron chi connectivity index (χ1n) is 6.46. The molecule has 18 heavy (non-hydrogen) atoms. The summed E-state index contributed by atoms with van der Waals surface area (Å²) in [7, 11) is 0. The van der Waals surface area contributed by atoms with Crippen LogP contribution in [0.1, 0.15) is 31.4 Å². The van der Waals surface area contributed by atoms with Crippen molar-refractivity contribution in [2.75, 3.05) is 26.4 Å². The topological polar surface area (TPSA) is 47.9 Å². The molecule has 1 aromatic carbocycles. The van der Waals surface area contributed by atoms with Gasteiger partial charge in [-0.05, 0) is 24.1 Å². The minimum absolute atomic E-state index is 0.516. The number of ether oxygens (including phenoxy) is 3. The Kier molecular flexibility index (Phi) is 4.84. The van der Waals surface area contributed by atoms with Crippen molar-refractivity contribution in [3.05, 3.63) is 23.8 Å². The van der Waals surface area contributed by atoms with Crippen LogP contribution in [-0.4, -0.2) is 31.5 Å². The van der Waals surface area contributed by atoms with Crippen LogP contribution in [0.5, 0.6) is 11.5 Å². The fourth-order valence-electron chi connectivity index (χ4n) is 1.88. The van der Waals surface area contributed by atoms with E-state index in [1.807, 2.05) is 18.2 Å². The van der Waals surface area contributed by atoms with E-state index in [9.17, 15) is 5.11 Å². The van der Waals surface area contributed by atoms with Crippen LogP contribution in [0, 0.1) is 0 Å². The lowest BCUT2D eigenvalue weighted by Crippen LogP contribution is -2.15. The highest BCUT2D eigenvalue weighted by molar-refractivity contribution is 5.44. The van der Waals surface area contributed by atoms with E-state index in [1.54, 1.807) is 0 Å². The van der Waals surface area contributed by atoms with Crippen molar-refractivity contribution in [2.24, 2.45) is 0 Å². The Labute approximate surface area is 107 Å². The van der Waals surface area contributed by atoms with Gasteiger partial charge in [-0.1, -0.05) is 13.0 Å². The van der Waals surface area contributed by atoms with E-state index in [4.69, 9.17) is 14.2 Å². The summed E-state index contributed by atoms with van der Waals surface area (Å²) in [5.41, 5.74) is 0.847. The normalized spacial score (nSPS) is 15.4. The van der Waals surface area contributed by atoms with E-state index >= 15 is 0 Å². The molecule has 1 aliphatic heterocycles. The lowest BCUT2D eigenvalue weighted by atomic mass is 10.1. The second-order valence-electron chi connectivity index (χ2n) is 4.32. The van der Waals surface area contributed by atoms with E-state index in [2.05, 4.69) is 6.92 Å². The lowest BCUT2D eigenvalue weighted by molar-refractivity contribution is 0.0818. The predicted octanol–water partition coefficient (Wildman–Crippen LogP) is 2.31. The molecule has 0 amide bonds. The summed E-state index contributed by atoms with van der Waals surface area (Å²) < 4.78 is 16.3. The molecule has 100 valence electrons. The Balaban J connectivity index is 1.91. The molecular formula is C14H20O4. The van der Waals surface area contributed by atoms with Crippen LogP contribution in [0.25, 0.3) is 0 Å². The van der Waals surface area contributed by atoms with Crippen molar-refractivity contribution in [3.8, 4) is 11.5 Å². The molecule has 1 atom stereocenters. The number of hydrogen-bond donors (Lipinski definition) is 1. The molecule has 1 N–H and O–H groups in total. The Morgan fingerprint density at radius 3 is 2.78 bits per heavy atom. The van der Waals surface area contributed by atoms with Crippen LogP contribution in [0.3, 0.4) is 0 Å². The zero-order chi connectivity index (χ0) is 12.8. The van der Waals surface area contributed by atoms with Crippen LogP contribution < -0.4 is 9.47 Å². The van der Waals surface area contributed by atoms with Gasteiger partial charge in [0.1, 0.15) is 13.2 Å². The van der Waals surface area contributed by atoms with Crippen molar-refractivity contribution >= 4 is 0 Å². The largest absolute Gasteiger partial charge is 0.486 e. The van der Waals surface area contributed by atoms with Crippen LogP contribution in [0.15, 0.2) is 18.2 Å². The second kappa shape index (κ2) is 6.61. The van der Waals surface area contributed by atoms with Gasteiger partial charge in [0.2, 0.25) is 0 Å². The summed E-state index contributed by atoms with van der Waals surface area (Å²) in [4.78, 5) is 0. The van der Waals surface area contributed by atoms with Crippen molar-refractivity contribution in [1.82, 2.24) is 0 Å². The van der Waals surface area contributed by atoms with Gasteiger partial charge >= 0.3 is 0 Å². The highest BCUT2D eigenvalue weighted by Crippen LogP contribution is 2.33. The first-order valence-corrected chi connectivity index (χ1v) is 6.46. The van der Waals surface area contributed by atoms with Gasteiger partial charge in [-0.2, -0.15) is 0 Å². The molecule has 0 fully saturated rings. The molecule has 0 radical (unpaired) electrons. The number of rotatable bonds is 6. The number of fused-ring (bicyclic) bond motifs is 1. The Hall–Kier alpha value is -1.26. The summed E-state index contributed by atoms with van der Waals surface area (Å²) in [6.07, 6.45) is 1.08. The molecule has 4 heteroatoms. The van der Waals surface area contributed by atoms with Crippen molar-refractivity contribution in [3.63, 3.8) is 0 Å². The molecule has 0 aliphatic carbocycles. The zero-order valence-corrected chi connectivity index (χ0v) is 10.7. The molecule has 1 aromatic rings. The number of aliphatic hydroxyl groups excluding tert-OH is 1. The predicted molar refractivity (Wildman–Crippen MR) is 68.1 cm³/mol. The van der Waals surface area contributed by atoms with Gasteiger partial charge in [-0.25, -0.2) is 0 Å². The van der Waals surface area contributed by atoms with E-state index in [1.165, 1.54) is 0 Å². The van der Waals surface area contributed by atoms with Crippen LogP contribution in [0.4, 0.5) is 0 Å². The molecule has 4 nitrogen and oxygen atoms in total. The number of aliphatic hydroxyl groups is 1. The summed E-state index contributed by atoms with van der Waals surface area (Å²) >= 11 is 0. The summed E-state index contributed by atoms with van der Waals surface area (Å²) in [5, 5.41) is 10.0. The van der Waals surface area contributed by atoms with Gasteiger partial charge in [-0.15, -0.1) is 0 Å². The molecule has 0 aromatic heterocycles. The van der Waals surface area contributed by atoms with Gasteiger partial charge in [0.25, 0.3) is 0 Å². The van der Waals surface area contributed by atoms with Crippen molar-refractivity contribution < 1.29 is 19.3 Å². The average Bonchev–Trinajstić information content (AvgIpc) is 2.43. The average molecular weight is 252 g/mol. The van der Waals surface area contributed by atoms with Gasteiger partial charge in [0.15, 0.2) is 11.5 Å². The monoisotopic (exact) mass is 252 g/mol. The Morgan fingerprint density at radius 2 is 2.00 bits per heavy atom. The number of benzene rings is 1. The van der Waals surface area contributed by atoms with Crippen molar-refractivity contribution in [2.45, 2.75) is 25.9 Å². The first kappa shape index (κ1) is 13.2.